The Hall–Kier alpha value is -1.39. The van der Waals surface area contributed by atoms with Gasteiger partial charge >= 0.3 is 0 Å². The Morgan fingerprint density at radius 3 is 2.00 bits per heavy atom. The molecule has 0 aromatic heterocycles. The van der Waals surface area contributed by atoms with E-state index in [0.717, 1.165) is 0 Å². The Morgan fingerprint density at radius 1 is 1.17 bits per heavy atom. The van der Waals surface area contributed by atoms with Crippen LogP contribution in [0.15, 0.2) is 0 Å². The van der Waals surface area contributed by atoms with Crippen molar-refractivity contribution in [1.82, 2.24) is 0 Å². The third kappa shape index (κ3) is 4.43. The molecule has 68 valence electrons. The van der Waals surface area contributed by atoms with Crippen LogP contribution in [0.5, 0.6) is 0 Å². The van der Waals surface area contributed by atoms with Crippen LogP contribution in [0.2, 0.25) is 0 Å². The van der Waals surface area contributed by atoms with Gasteiger partial charge in [0.15, 0.2) is 0 Å². The summed E-state index contributed by atoms with van der Waals surface area (Å²) in [6.07, 6.45) is -1.19. The number of hydrogen-bond donors (Lipinski definition) is 0. The number of Topliss-reactive ketones (excluding diaryl/α,β-unsaturated/α-hetero) is 1. The highest BCUT2D eigenvalue weighted by Crippen LogP contribution is 2.04. The Balaban J connectivity index is 3.93. The summed E-state index contributed by atoms with van der Waals surface area (Å²) in [7, 11) is 0. The van der Waals surface area contributed by atoms with Crippen molar-refractivity contribution in [3.05, 3.63) is 0 Å². The molecule has 0 aliphatic heterocycles. The molecule has 0 aliphatic rings. The molecule has 0 saturated heterocycles. The molecule has 5 heteroatoms. The minimum atomic E-state index is -1.50. The normalized spacial score (nSPS) is 12.1. The third-order valence-corrected chi connectivity index (χ3v) is 1.34. The molecule has 12 heavy (non-hydrogen) atoms. The van der Waals surface area contributed by atoms with Crippen molar-refractivity contribution in [2.75, 3.05) is 0 Å². The largest absolute Gasteiger partial charge is 0.550 e. The van der Waals surface area contributed by atoms with Gasteiger partial charge in [-0.15, -0.1) is 0 Å². The molecule has 0 rings (SSSR count). The van der Waals surface area contributed by atoms with Crippen molar-refractivity contribution >= 4 is 17.7 Å². The van der Waals surface area contributed by atoms with Gasteiger partial charge in [0.25, 0.3) is 0 Å². The zero-order valence-electron chi connectivity index (χ0n) is 6.53. The molecule has 0 radical (unpaired) electrons. The second-order valence-electron chi connectivity index (χ2n) is 2.49. The number of ketones is 1. The van der Waals surface area contributed by atoms with Gasteiger partial charge in [0, 0.05) is 24.3 Å². The van der Waals surface area contributed by atoms with E-state index in [1.165, 1.54) is 6.92 Å². The molecule has 0 saturated carbocycles. The number of carboxylic acids is 2. The van der Waals surface area contributed by atoms with Crippen LogP contribution in [0.4, 0.5) is 0 Å². The Bertz CT molecular complexity index is 208. The number of carboxylic acid groups (broad SMARTS) is 2. The van der Waals surface area contributed by atoms with Gasteiger partial charge in [-0.3, -0.25) is 4.79 Å². The van der Waals surface area contributed by atoms with E-state index in [0.29, 0.717) is 0 Å². The fourth-order valence-corrected chi connectivity index (χ4v) is 0.680. The number of hydrogen-bond acceptors (Lipinski definition) is 5. The topological polar surface area (TPSA) is 97.3 Å². The van der Waals surface area contributed by atoms with Crippen LogP contribution < -0.4 is 10.2 Å². The second-order valence-corrected chi connectivity index (χ2v) is 2.49. The maximum absolute atomic E-state index is 10.8. The zero-order chi connectivity index (χ0) is 9.72. The van der Waals surface area contributed by atoms with E-state index in [4.69, 9.17) is 0 Å². The van der Waals surface area contributed by atoms with Crippen molar-refractivity contribution in [3.63, 3.8) is 0 Å². The van der Waals surface area contributed by atoms with Gasteiger partial charge in [-0.2, -0.15) is 0 Å². The fraction of sp³-hybridized carbons (Fsp3) is 0.571. The van der Waals surface area contributed by atoms with Gasteiger partial charge in [0.1, 0.15) is 5.78 Å². The summed E-state index contributed by atoms with van der Waals surface area (Å²) in [6, 6.07) is 0. The highest BCUT2D eigenvalue weighted by molar-refractivity contribution is 5.96. The number of aliphatic carboxylic acids is 2. The summed E-state index contributed by atoms with van der Waals surface area (Å²) in [5.41, 5.74) is 0. The molecular formula is C7H8O5-2. The van der Waals surface area contributed by atoms with Crippen molar-refractivity contribution in [2.24, 2.45) is 5.92 Å². The monoisotopic (exact) mass is 172 g/mol. The van der Waals surface area contributed by atoms with Crippen LogP contribution in [0.3, 0.4) is 0 Å². The summed E-state index contributed by atoms with van der Waals surface area (Å²) in [5.74, 6) is -4.34. The number of carbonyl (C=O) groups is 3. The van der Waals surface area contributed by atoms with Gasteiger partial charge in [-0.1, -0.05) is 6.92 Å². The Morgan fingerprint density at radius 2 is 1.67 bits per heavy atom. The van der Waals surface area contributed by atoms with E-state index < -0.39 is 36.5 Å². The standard InChI is InChI=1S/C7H10O5/c1-4(2-6(9)10)5(8)3-7(11)12/h4H,2-3H2,1H3,(H,9,10)(H,11,12)/p-2. The molecule has 1 atom stereocenters. The van der Waals surface area contributed by atoms with Crippen LogP contribution in [0.1, 0.15) is 19.8 Å². The maximum atomic E-state index is 10.8. The SMILES string of the molecule is CC(CC(=O)[O-])C(=O)CC(=O)[O-]. The number of carbonyl (C=O) groups excluding carboxylic acids is 3. The molecule has 5 nitrogen and oxygen atoms in total. The highest BCUT2D eigenvalue weighted by Gasteiger charge is 2.12. The van der Waals surface area contributed by atoms with Crippen LogP contribution in [-0.2, 0) is 14.4 Å². The average molecular weight is 172 g/mol. The van der Waals surface area contributed by atoms with Crippen molar-refractivity contribution in [3.8, 4) is 0 Å². The lowest BCUT2D eigenvalue weighted by atomic mass is 10.0. The van der Waals surface area contributed by atoms with E-state index in [9.17, 15) is 24.6 Å². The van der Waals surface area contributed by atoms with Gasteiger partial charge in [-0.05, 0) is 6.42 Å². The van der Waals surface area contributed by atoms with E-state index in [2.05, 4.69) is 0 Å². The molecule has 0 fully saturated rings. The minimum Gasteiger partial charge on any atom is -0.550 e. The molecule has 0 aliphatic carbocycles. The molecule has 1 unspecified atom stereocenters. The quantitative estimate of drug-likeness (QED) is 0.426. The smallest absolute Gasteiger partial charge is 0.141 e. The van der Waals surface area contributed by atoms with E-state index in [1.54, 1.807) is 0 Å². The maximum Gasteiger partial charge on any atom is 0.141 e. The summed E-state index contributed by atoms with van der Waals surface area (Å²) in [6.45, 7) is 1.33. The molecule has 0 spiro atoms. The lowest BCUT2D eigenvalue weighted by Gasteiger charge is -2.10. The first-order valence-electron chi connectivity index (χ1n) is 3.36. The minimum absolute atomic E-state index is 0.452. The van der Waals surface area contributed by atoms with Gasteiger partial charge in [0.05, 0.1) is 0 Å². The van der Waals surface area contributed by atoms with Crippen LogP contribution >= 0.6 is 0 Å². The summed E-state index contributed by atoms with van der Waals surface area (Å²) in [5, 5.41) is 19.9. The first kappa shape index (κ1) is 10.6. The van der Waals surface area contributed by atoms with Gasteiger partial charge in [-0.25, -0.2) is 0 Å². The van der Waals surface area contributed by atoms with Crippen LogP contribution in [-0.4, -0.2) is 17.7 Å². The first-order valence-corrected chi connectivity index (χ1v) is 3.36. The first-order chi connectivity index (χ1) is 5.43. The molecule has 0 heterocycles. The van der Waals surface area contributed by atoms with Crippen LogP contribution in [0, 0.1) is 5.92 Å². The average Bonchev–Trinajstić information content (AvgIpc) is 1.84. The van der Waals surface area contributed by atoms with Gasteiger partial charge in [0.2, 0.25) is 0 Å². The lowest BCUT2D eigenvalue weighted by Crippen LogP contribution is -2.31. The predicted molar refractivity (Wildman–Crippen MR) is 33.4 cm³/mol. The molecule has 0 aromatic carbocycles. The summed E-state index contributed by atoms with van der Waals surface area (Å²) < 4.78 is 0. The van der Waals surface area contributed by atoms with Crippen molar-refractivity contribution in [2.45, 2.75) is 19.8 Å². The fourth-order valence-electron chi connectivity index (χ4n) is 0.680. The molecule has 0 aromatic rings. The van der Waals surface area contributed by atoms with E-state index in [-0.39, 0.29) is 0 Å². The zero-order valence-corrected chi connectivity index (χ0v) is 6.53. The summed E-state index contributed by atoms with van der Waals surface area (Å²) >= 11 is 0. The Kier molecular flexibility index (Phi) is 3.96. The Labute approximate surface area is 69.0 Å². The molecule has 0 N–H and O–H groups in total. The second kappa shape index (κ2) is 4.48. The van der Waals surface area contributed by atoms with Crippen molar-refractivity contribution in [1.29, 1.82) is 0 Å². The highest BCUT2D eigenvalue weighted by atomic mass is 16.4. The van der Waals surface area contributed by atoms with Crippen LogP contribution in [0.25, 0.3) is 0 Å². The molecular weight excluding hydrogens is 164 g/mol. The molecule has 0 bridgehead atoms. The molecule has 0 amide bonds. The van der Waals surface area contributed by atoms with Gasteiger partial charge < -0.3 is 19.8 Å². The third-order valence-electron chi connectivity index (χ3n) is 1.34. The summed E-state index contributed by atoms with van der Waals surface area (Å²) in [4.78, 5) is 30.7. The number of rotatable bonds is 5. The predicted octanol–water partition coefficient (Wildman–Crippen LogP) is -2.53. The lowest BCUT2D eigenvalue weighted by molar-refractivity contribution is -0.308. The van der Waals surface area contributed by atoms with E-state index in [1.807, 2.05) is 0 Å². The van der Waals surface area contributed by atoms with E-state index >= 15 is 0 Å². The van der Waals surface area contributed by atoms with Crippen molar-refractivity contribution < 1.29 is 24.6 Å².